The molecule has 0 aliphatic rings. The van der Waals surface area contributed by atoms with Gasteiger partial charge in [-0.2, -0.15) is 13.2 Å². The quantitative estimate of drug-likeness (QED) is 0.743. The van der Waals surface area contributed by atoms with Crippen molar-refractivity contribution in [2.24, 2.45) is 0 Å². The van der Waals surface area contributed by atoms with Crippen molar-refractivity contribution in [2.45, 2.75) is 32.0 Å². The highest BCUT2D eigenvalue weighted by atomic mass is 35.5. The van der Waals surface area contributed by atoms with Gasteiger partial charge in [0.1, 0.15) is 0 Å². The Hall–Kier alpha value is -0.450. The fourth-order valence-electron chi connectivity index (χ4n) is 1.46. The number of benzene rings is 1. The molecule has 102 valence electrons. The molecule has 0 aliphatic heterocycles. The van der Waals surface area contributed by atoms with Gasteiger partial charge in [-0.3, -0.25) is 0 Å². The van der Waals surface area contributed by atoms with E-state index in [0.29, 0.717) is 29.6 Å². The Bertz CT molecular complexity index is 380. The number of hydrogen-bond acceptors (Lipinski definition) is 1. The summed E-state index contributed by atoms with van der Waals surface area (Å²) in [5, 5.41) is 4.04. The summed E-state index contributed by atoms with van der Waals surface area (Å²) >= 11 is 11.6. The first-order chi connectivity index (χ1) is 8.38. The third-order valence-corrected chi connectivity index (χ3v) is 3.12. The first kappa shape index (κ1) is 15.6. The van der Waals surface area contributed by atoms with Gasteiger partial charge in [0, 0.05) is 13.0 Å². The molecule has 18 heavy (non-hydrogen) atoms. The predicted octanol–water partition coefficient (Wildman–Crippen LogP) is 4.82. The van der Waals surface area contributed by atoms with Crippen LogP contribution >= 0.6 is 23.2 Å². The largest absolute Gasteiger partial charge is 0.389 e. The summed E-state index contributed by atoms with van der Waals surface area (Å²) < 4.78 is 35.6. The van der Waals surface area contributed by atoms with Gasteiger partial charge in [-0.05, 0) is 37.1 Å². The Morgan fingerprint density at radius 2 is 1.78 bits per heavy atom. The van der Waals surface area contributed by atoms with Crippen LogP contribution in [0.15, 0.2) is 18.2 Å². The van der Waals surface area contributed by atoms with E-state index >= 15 is 0 Å². The predicted molar refractivity (Wildman–Crippen MR) is 68.1 cm³/mol. The summed E-state index contributed by atoms with van der Waals surface area (Å²) in [6, 6.07) is 5.27. The van der Waals surface area contributed by atoms with Crippen molar-refractivity contribution in [1.29, 1.82) is 0 Å². The lowest BCUT2D eigenvalue weighted by Gasteiger charge is -2.07. The topological polar surface area (TPSA) is 12.0 Å². The summed E-state index contributed by atoms with van der Waals surface area (Å²) in [6.07, 6.45) is -4.12. The maximum Gasteiger partial charge on any atom is 0.389 e. The molecule has 0 heterocycles. The van der Waals surface area contributed by atoms with E-state index in [1.165, 1.54) is 0 Å². The monoisotopic (exact) mass is 299 g/mol. The number of alkyl halides is 3. The van der Waals surface area contributed by atoms with Gasteiger partial charge < -0.3 is 5.32 Å². The molecule has 0 radical (unpaired) electrons. The molecule has 1 aromatic rings. The lowest BCUT2D eigenvalue weighted by atomic mass is 10.2. The molecule has 0 fully saturated rings. The van der Waals surface area contributed by atoms with Crippen LogP contribution in [0.4, 0.5) is 13.2 Å². The van der Waals surface area contributed by atoms with Crippen molar-refractivity contribution in [3.63, 3.8) is 0 Å². The minimum Gasteiger partial charge on any atom is -0.313 e. The van der Waals surface area contributed by atoms with Gasteiger partial charge in [-0.1, -0.05) is 29.3 Å². The molecule has 0 saturated carbocycles. The van der Waals surface area contributed by atoms with E-state index in [1.54, 1.807) is 12.1 Å². The fourth-order valence-corrected chi connectivity index (χ4v) is 1.78. The number of nitrogens with one attached hydrogen (secondary N) is 1. The zero-order valence-corrected chi connectivity index (χ0v) is 11.2. The normalized spacial score (nSPS) is 11.8. The Balaban J connectivity index is 2.16. The number of unbranched alkanes of at least 4 members (excludes halogenated alkanes) is 1. The molecule has 0 bridgehead atoms. The highest BCUT2D eigenvalue weighted by Crippen LogP contribution is 2.23. The average Bonchev–Trinajstić information content (AvgIpc) is 2.26. The highest BCUT2D eigenvalue weighted by molar-refractivity contribution is 6.42. The number of rotatable bonds is 6. The molecule has 0 aliphatic carbocycles. The van der Waals surface area contributed by atoms with Gasteiger partial charge >= 0.3 is 6.18 Å². The first-order valence-corrected chi connectivity index (χ1v) is 6.35. The minimum absolute atomic E-state index is 0.151. The lowest BCUT2D eigenvalue weighted by Crippen LogP contribution is -2.15. The van der Waals surface area contributed by atoms with Crippen LogP contribution in [-0.2, 0) is 6.54 Å². The van der Waals surface area contributed by atoms with Crippen molar-refractivity contribution in [3.8, 4) is 0 Å². The first-order valence-electron chi connectivity index (χ1n) is 5.60. The molecule has 1 nitrogen and oxygen atoms in total. The zero-order valence-electron chi connectivity index (χ0n) is 9.66. The van der Waals surface area contributed by atoms with Crippen LogP contribution in [0.3, 0.4) is 0 Å². The van der Waals surface area contributed by atoms with Crippen LogP contribution < -0.4 is 5.32 Å². The van der Waals surface area contributed by atoms with Gasteiger partial charge in [0.2, 0.25) is 0 Å². The molecule has 0 spiro atoms. The molecule has 6 heteroatoms. The number of hydrogen-bond donors (Lipinski definition) is 1. The summed E-state index contributed by atoms with van der Waals surface area (Å²) in [7, 11) is 0. The maximum atomic E-state index is 11.9. The summed E-state index contributed by atoms with van der Waals surface area (Å²) in [4.78, 5) is 0. The third-order valence-electron chi connectivity index (χ3n) is 2.38. The Morgan fingerprint density at radius 1 is 1.06 bits per heavy atom. The van der Waals surface area contributed by atoms with Gasteiger partial charge in [-0.15, -0.1) is 0 Å². The van der Waals surface area contributed by atoms with E-state index in [4.69, 9.17) is 23.2 Å². The van der Waals surface area contributed by atoms with Crippen molar-refractivity contribution in [1.82, 2.24) is 5.32 Å². The smallest absolute Gasteiger partial charge is 0.313 e. The van der Waals surface area contributed by atoms with Crippen LogP contribution in [0.2, 0.25) is 10.0 Å². The second-order valence-corrected chi connectivity index (χ2v) is 4.81. The van der Waals surface area contributed by atoms with Crippen molar-refractivity contribution in [3.05, 3.63) is 33.8 Å². The molecule has 0 atom stereocenters. The van der Waals surface area contributed by atoms with Gasteiger partial charge in [-0.25, -0.2) is 0 Å². The molecular weight excluding hydrogens is 286 g/mol. The van der Waals surface area contributed by atoms with Crippen LogP contribution in [0.1, 0.15) is 24.8 Å². The van der Waals surface area contributed by atoms with Crippen LogP contribution in [0.5, 0.6) is 0 Å². The molecule has 0 unspecified atom stereocenters. The van der Waals surface area contributed by atoms with E-state index in [9.17, 15) is 13.2 Å². The molecule has 1 rings (SSSR count). The van der Waals surface area contributed by atoms with Crippen molar-refractivity contribution in [2.75, 3.05) is 6.54 Å². The van der Waals surface area contributed by atoms with Gasteiger partial charge in [0.25, 0.3) is 0 Å². The molecule has 1 aromatic carbocycles. The van der Waals surface area contributed by atoms with Gasteiger partial charge in [0.15, 0.2) is 0 Å². The van der Waals surface area contributed by atoms with E-state index in [1.807, 2.05) is 6.07 Å². The van der Waals surface area contributed by atoms with Gasteiger partial charge in [0.05, 0.1) is 10.0 Å². The molecule has 1 N–H and O–H groups in total. The standard InChI is InChI=1S/C12H14Cl2F3N/c13-10-4-3-9(7-11(10)14)8-18-6-2-1-5-12(15,16)17/h3-4,7,18H,1-2,5-6,8H2. The molecule has 0 amide bonds. The highest BCUT2D eigenvalue weighted by Gasteiger charge is 2.25. The average molecular weight is 300 g/mol. The van der Waals surface area contributed by atoms with E-state index in [-0.39, 0.29) is 6.42 Å². The Morgan fingerprint density at radius 3 is 2.39 bits per heavy atom. The summed E-state index contributed by atoms with van der Waals surface area (Å²) in [6.45, 7) is 1.12. The maximum absolute atomic E-state index is 11.9. The second kappa shape index (κ2) is 7.22. The van der Waals surface area contributed by atoms with E-state index < -0.39 is 12.6 Å². The van der Waals surface area contributed by atoms with E-state index in [2.05, 4.69) is 5.32 Å². The Labute approximate surface area is 114 Å². The van der Waals surface area contributed by atoms with Crippen molar-refractivity contribution < 1.29 is 13.2 Å². The summed E-state index contributed by atoms with van der Waals surface area (Å²) in [5.74, 6) is 0. The molecule has 0 saturated heterocycles. The fraction of sp³-hybridized carbons (Fsp3) is 0.500. The minimum atomic E-state index is -4.05. The summed E-state index contributed by atoms with van der Waals surface area (Å²) in [5.41, 5.74) is 0.959. The number of halogens is 5. The second-order valence-electron chi connectivity index (χ2n) is 4.00. The van der Waals surface area contributed by atoms with Crippen LogP contribution in [0, 0.1) is 0 Å². The van der Waals surface area contributed by atoms with Crippen molar-refractivity contribution >= 4 is 23.2 Å². The van der Waals surface area contributed by atoms with E-state index in [0.717, 1.165) is 5.56 Å². The third kappa shape index (κ3) is 6.47. The molecular formula is C12H14Cl2F3N. The molecule has 0 aromatic heterocycles. The lowest BCUT2D eigenvalue weighted by molar-refractivity contribution is -0.135. The zero-order chi connectivity index (χ0) is 13.6. The SMILES string of the molecule is FC(F)(F)CCCCNCc1ccc(Cl)c(Cl)c1. The van der Waals surface area contributed by atoms with Crippen LogP contribution in [-0.4, -0.2) is 12.7 Å². The Kier molecular flexibility index (Phi) is 6.26. The van der Waals surface area contributed by atoms with Crippen LogP contribution in [0.25, 0.3) is 0 Å².